The van der Waals surface area contributed by atoms with Crippen LogP contribution in [0.3, 0.4) is 0 Å². The van der Waals surface area contributed by atoms with Crippen molar-refractivity contribution in [3.63, 3.8) is 0 Å². The van der Waals surface area contributed by atoms with E-state index >= 15 is 0 Å². The molecule has 17 heavy (non-hydrogen) atoms. The molecule has 0 aliphatic heterocycles. The zero-order chi connectivity index (χ0) is 12.3. The summed E-state index contributed by atoms with van der Waals surface area (Å²) >= 11 is 4.91. The van der Waals surface area contributed by atoms with E-state index in [1.165, 1.54) is 17.4 Å². The Kier molecular flexibility index (Phi) is 3.71. The van der Waals surface area contributed by atoms with Gasteiger partial charge in [-0.2, -0.15) is 0 Å². The molecule has 0 spiro atoms. The van der Waals surface area contributed by atoms with Crippen molar-refractivity contribution in [3.8, 4) is 10.4 Å². The first kappa shape index (κ1) is 12.0. The summed E-state index contributed by atoms with van der Waals surface area (Å²) in [6, 6.07) is 11.8. The molecule has 5 heteroatoms. The highest BCUT2D eigenvalue weighted by Crippen LogP contribution is 2.29. The summed E-state index contributed by atoms with van der Waals surface area (Å²) in [5.74, 6) is 0. The van der Waals surface area contributed by atoms with E-state index in [1.54, 1.807) is 0 Å². The number of nitro groups is 1. The van der Waals surface area contributed by atoms with Crippen molar-refractivity contribution < 1.29 is 4.92 Å². The molecule has 0 aliphatic rings. The predicted molar refractivity (Wildman–Crippen MR) is 73.5 cm³/mol. The second-order valence-corrected chi connectivity index (χ2v) is 5.34. The van der Waals surface area contributed by atoms with Crippen LogP contribution in [0.25, 0.3) is 16.5 Å². The minimum absolute atomic E-state index is 0.459. The van der Waals surface area contributed by atoms with Crippen LogP contribution in [0.4, 0.5) is 0 Å². The van der Waals surface area contributed by atoms with E-state index in [1.807, 2.05) is 36.4 Å². The van der Waals surface area contributed by atoms with E-state index in [0.717, 1.165) is 26.0 Å². The molecule has 0 aliphatic carbocycles. The Morgan fingerprint density at radius 3 is 2.53 bits per heavy atom. The maximum atomic E-state index is 10.2. The Labute approximate surface area is 111 Å². The molecular formula is C12H8BrNO2S. The fourth-order valence-corrected chi connectivity index (χ4v) is 2.52. The summed E-state index contributed by atoms with van der Waals surface area (Å²) in [6.07, 6.45) is 2.46. The lowest BCUT2D eigenvalue weighted by atomic mass is 10.2. The molecule has 86 valence electrons. The molecule has 0 radical (unpaired) electrons. The second-order valence-electron chi connectivity index (χ2n) is 3.31. The first-order valence-electron chi connectivity index (χ1n) is 4.82. The number of hydrogen-bond donors (Lipinski definition) is 0. The summed E-state index contributed by atoms with van der Waals surface area (Å²) < 4.78 is 1.03. The van der Waals surface area contributed by atoms with Crippen LogP contribution < -0.4 is 0 Å². The minimum atomic E-state index is -0.459. The van der Waals surface area contributed by atoms with Crippen LogP contribution in [-0.2, 0) is 0 Å². The molecule has 0 atom stereocenters. The van der Waals surface area contributed by atoms with E-state index in [4.69, 9.17) is 0 Å². The smallest absolute Gasteiger partial charge is 0.235 e. The van der Waals surface area contributed by atoms with Gasteiger partial charge in [0.1, 0.15) is 0 Å². The highest BCUT2D eigenvalue weighted by atomic mass is 79.9. The molecule has 1 aromatic carbocycles. The van der Waals surface area contributed by atoms with Gasteiger partial charge in [-0.25, -0.2) is 0 Å². The fourth-order valence-electron chi connectivity index (χ4n) is 1.35. The lowest BCUT2D eigenvalue weighted by molar-refractivity contribution is -0.400. The van der Waals surface area contributed by atoms with Crippen molar-refractivity contribution >= 4 is 33.3 Å². The van der Waals surface area contributed by atoms with Crippen molar-refractivity contribution in [1.29, 1.82) is 0 Å². The summed E-state index contributed by atoms with van der Waals surface area (Å²) in [5, 5.41) is 10.2. The number of rotatable bonds is 3. The van der Waals surface area contributed by atoms with E-state index in [-0.39, 0.29) is 0 Å². The van der Waals surface area contributed by atoms with E-state index in [2.05, 4.69) is 15.9 Å². The van der Waals surface area contributed by atoms with Crippen LogP contribution in [0.2, 0.25) is 0 Å². The largest absolute Gasteiger partial charge is 0.259 e. The quantitative estimate of drug-likeness (QED) is 0.622. The van der Waals surface area contributed by atoms with Gasteiger partial charge in [-0.3, -0.25) is 10.1 Å². The second kappa shape index (κ2) is 5.25. The molecule has 0 unspecified atom stereocenters. The van der Waals surface area contributed by atoms with Crippen LogP contribution >= 0.6 is 27.3 Å². The van der Waals surface area contributed by atoms with E-state index in [9.17, 15) is 10.1 Å². The molecule has 0 bridgehead atoms. The van der Waals surface area contributed by atoms with Crippen LogP contribution in [0.1, 0.15) is 4.88 Å². The van der Waals surface area contributed by atoms with Gasteiger partial charge in [0.05, 0.1) is 4.92 Å². The molecule has 1 heterocycles. The normalized spacial score (nSPS) is 10.9. The molecule has 1 aromatic heterocycles. The first-order chi connectivity index (χ1) is 8.15. The van der Waals surface area contributed by atoms with Gasteiger partial charge < -0.3 is 0 Å². The zero-order valence-corrected chi connectivity index (χ0v) is 11.1. The first-order valence-corrected chi connectivity index (χ1v) is 6.43. The molecule has 0 saturated carbocycles. The monoisotopic (exact) mass is 309 g/mol. The number of thiophene rings is 1. The molecule has 0 N–H and O–H groups in total. The van der Waals surface area contributed by atoms with Gasteiger partial charge in [0, 0.05) is 20.3 Å². The van der Waals surface area contributed by atoms with Crippen molar-refractivity contribution in [2.24, 2.45) is 0 Å². The van der Waals surface area contributed by atoms with E-state index < -0.39 is 4.92 Å². The van der Waals surface area contributed by atoms with Gasteiger partial charge in [0.15, 0.2) is 0 Å². The highest BCUT2D eigenvalue weighted by molar-refractivity contribution is 9.10. The Morgan fingerprint density at radius 2 is 1.88 bits per heavy atom. The Morgan fingerprint density at radius 1 is 1.18 bits per heavy atom. The summed E-state index contributed by atoms with van der Waals surface area (Å²) in [7, 11) is 0. The summed E-state index contributed by atoms with van der Waals surface area (Å²) in [6.45, 7) is 0. The van der Waals surface area contributed by atoms with E-state index in [0.29, 0.717) is 0 Å². The molecule has 2 rings (SSSR count). The van der Waals surface area contributed by atoms with Gasteiger partial charge in [-0.05, 0) is 29.8 Å². The van der Waals surface area contributed by atoms with Crippen LogP contribution in [0, 0.1) is 10.1 Å². The Bertz CT molecular complexity index is 560. The van der Waals surface area contributed by atoms with Gasteiger partial charge in [-0.1, -0.05) is 28.1 Å². The van der Waals surface area contributed by atoms with Crippen LogP contribution in [-0.4, -0.2) is 4.92 Å². The van der Waals surface area contributed by atoms with Gasteiger partial charge in [0.25, 0.3) is 0 Å². The van der Waals surface area contributed by atoms with Crippen molar-refractivity contribution in [2.75, 3.05) is 0 Å². The third-order valence-corrected chi connectivity index (χ3v) is 3.74. The van der Waals surface area contributed by atoms with Crippen molar-refractivity contribution in [1.82, 2.24) is 0 Å². The Hall–Kier alpha value is -1.46. The number of nitrogens with zero attached hydrogens (tertiary/aromatic N) is 1. The fraction of sp³-hybridized carbons (Fsp3) is 0. The SMILES string of the molecule is O=[N+]([O-])/C=C/c1ccc(-c2ccc(Br)cc2)s1. The highest BCUT2D eigenvalue weighted by Gasteiger charge is 2.01. The third kappa shape index (κ3) is 3.25. The minimum Gasteiger partial charge on any atom is -0.259 e. The number of halogens is 1. The molecule has 0 amide bonds. The Balaban J connectivity index is 2.23. The zero-order valence-electron chi connectivity index (χ0n) is 8.67. The average molecular weight is 310 g/mol. The van der Waals surface area contributed by atoms with Crippen molar-refractivity contribution in [3.05, 3.63) is 62.1 Å². The molecule has 0 fully saturated rings. The van der Waals surface area contributed by atoms with Gasteiger partial charge >= 0.3 is 0 Å². The molecule has 3 nitrogen and oxygen atoms in total. The van der Waals surface area contributed by atoms with Gasteiger partial charge in [-0.15, -0.1) is 11.3 Å². The molecular weight excluding hydrogens is 302 g/mol. The average Bonchev–Trinajstić information content (AvgIpc) is 2.76. The molecule has 0 saturated heterocycles. The maximum Gasteiger partial charge on any atom is 0.235 e. The maximum absolute atomic E-state index is 10.2. The number of benzene rings is 1. The van der Waals surface area contributed by atoms with Crippen LogP contribution in [0.5, 0.6) is 0 Å². The lowest BCUT2D eigenvalue weighted by Crippen LogP contribution is -1.80. The standard InChI is InChI=1S/C12H8BrNO2S/c13-10-3-1-9(2-4-10)12-6-5-11(17-12)7-8-14(15)16/h1-8H/b8-7+. The molecule has 2 aromatic rings. The van der Waals surface area contributed by atoms with Gasteiger partial charge in [0.2, 0.25) is 6.20 Å². The third-order valence-electron chi connectivity index (χ3n) is 2.12. The summed E-state index contributed by atoms with van der Waals surface area (Å²) in [4.78, 5) is 11.7. The number of hydrogen-bond acceptors (Lipinski definition) is 3. The lowest BCUT2D eigenvalue weighted by Gasteiger charge is -1.96. The predicted octanol–water partition coefficient (Wildman–Crippen LogP) is 4.43. The summed E-state index contributed by atoms with van der Waals surface area (Å²) in [5.41, 5.74) is 1.11. The van der Waals surface area contributed by atoms with Crippen LogP contribution in [0.15, 0.2) is 47.1 Å². The topological polar surface area (TPSA) is 43.1 Å². The van der Waals surface area contributed by atoms with Crippen molar-refractivity contribution in [2.45, 2.75) is 0 Å².